The van der Waals surface area contributed by atoms with Crippen molar-refractivity contribution in [1.82, 2.24) is 14.7 Å². The maximum Gasteiger partial charge on any atom is 0.322 e. The Bertz CT molecular complexity index is 738. The highest BCUT2D eigenvalue weighted by atomic mass is 19.1. The lowest BCUT2D eigenvalue weighted by molar-refractivity contribution is 0.180. The van der Waals surface area contributed by atoms with E-state index in [1.807, 2.05) is 0 Å². The number of urea groups is 1. The van der Waals surface area contributed by atoms with E-state index in [4.69, 9.17) is 0 Å². The molecule has 1 aliphatic rings. The Morgan fingerprint density at radius 1 is 1.28 bits per heavy atom. The number of piperidine rings is 1. The number of aromatic nitrogens is 2. The van der Waals surface area contributed by atoms with Crippen molar-refractivity contribution in [2.24, 2.45) is 13.0 Å². The Hall–Kier alpha value is -2.44. The summed E-state index contributed by atoms with van der Waals surface area (Å²) in [7, 11) is 1.77. The van der Waals surface area contributed by atoms with Gasteiger partial charge in [0.05, 0.1) is 6.20 Å². The molecule has 25 heavy (non-hydrogen) atoms. The van der Waals surface area contributed by atoms with Crippen molar-refractivity contribution in [1.29, 1.82) is 0 Å². The molecule has 2 aromatic rings. The van der Waals surface area contributed by atoms with Crippen LogP contribution in [0.4, 0.5) is 19.4 Å². The van der Waals surface area contributed by atoms with Crippen LogP contribution < -0.4 is 5.32 Å². The summed E-state index contributed by atoms with van der Waals surface area (Å²) in [5, 5.41) is 6.87. The van der Waals surface area contributed by atoms with Crippen molar-refractivity contribution >= 4 is 11.8 Å². The summed E-state index contributed by atoms with van der Waals surface area (Å²) in [6.45, 7) is 1.36. The van der Waals surface area contributed by atoms with Gasteiger partial charge < -0.3 is 4.90 Å². The first kappa shape index (κ1) is 17.4. The molecule has 0 radical (unpaired) electrons. The molecular formula is C18H22F2N4O. The first-order valence-electron chi connectivity index (χ1n) is 8.51. The highest BCUT2D eigenvalue weighted by Gasteiger charge is 2.23. The lowest BCUT2D eigenvalue weighted by atomic mass is 9.90. The number of anilines is 1. The van der Waals surface area contributed by atoms with Crippen LogP contribution in [0.15, 0.2) is 30.5 Å². The largest absolute Gasteiger partial charge is 0.324 e. The number of amides is 2. The molecule has 2 heterocycles. The number of nitrogens with zero attached hydrogens (tertiary/aromatic N) is 3. The van der Waals surface area contributed by atoms with E-state index in [-0.39, 0.29) is 6.03 Å². The van der Waals surface area contributed by atoms with Crippen LogP contribution in [0, 0.1) is 17.6 Å². The van der Waals surface area contributed by atoms with Crippen LogP contribution in [-0.2, 0) is 13.5 Å². The van der Waals surface area contributed by atoms with Crippen LogP contribution >= 0.6 is 0 Å². The number of benzene rings is 1. The minimum absolute atomic E-state index is 0.119. The van der Waals surface area contributed by atoms with Gasteiger partial charge in [0, 0.05) is 32.3 Å². The van der Waals surface area contributed by atoms with Crippen molar-refractivity contribution in [3.05, 3.63) is 47.7 Å². The molecule has 0 spiro atoms. The first-order chi connectivity index (χ1) is 12.0. The summed E-state index contributed by atoms with van der Waals surface area (Å²) in [5.74, 6) is 0.0890. The maximum absolute atomic E-state index is 13.7. The first-order valence-corrected chi connectivity index (χ1v) is 8.51. The molecule has 0 aliphatic carbocycles. The number of halogens is 2. The number of likely N-dealkylation sites (tertiary alicyclic amines) is 1. The molecule has 1 saturated heterocycles. The summed E-state index contributed by atoms with van der Waals surface area (Å²) in [6, 6.07) is 5.37. The van der Waals surface area contributed by atoms with Gasteiger partial charge in [0.2, 0.25) is 0 Å². The maximum atomic E-state index is 13.7. The summed E-state index contributed by atoms with van der Waals surface area (Å²) in [5.41, 5.74) is 0.554. The molecule has 1 aliphatic heterocycles. The fraction of sp³-hybridized carbons (Fsp3) is 0.444. The van der Waals surface area contributed by atoms with Gasteiger partial charge >= 0.3 is 6.03 Å². The van der Waals surface area contributed by atoms with E-state index in [9.17, 15) is 13.6 Å². The minimum Gasteiger partial charge on any atom is -0.324 e. The molecular weight excluding hydrogens is 326 g/mol. The average molecular weight is 348 g/mol. The van der Waals surface area contributed by atoms with Crippen molar-refractivity contribution in [2.75, 3.05) is 18.4 Å². The molecule has 7 heteroatoms. The molecule has 0 atom stereocenters. The normalized spacial score (nSPS) is 15.4. The Morgan fingerprint density at radius 2 is 2.04 bits per heavy atom. The van der Waals surface area contributed by atoms with Gasteiger partial charge in [0.15, 0.2) is 0 Å². The highest BCUT2D eigenvalue weighted by molar-refractivity contribution is 5.88. The van der Waals surface area contributed by atoms with E-state index in [1.165, 1.54) is 12.1 Å². The number of hydrogen-bond acceptors (Lipinski definition) is 2. The van der Waals surface area contributed by atoms with Crippen LogP contribution in [0.3, 0.4) is 0 Å². The van der Waals surface area contributed by atoms with Crippen molar-refractivity contribution < 1.29 is 13.6 Å². The van der Waals surface area contributed by atoms with Gasteiger partial charge in [-0.1, -0.05) is 6.07 Å². The molecule has 134 valence electrons. The molecule has 2 amide bonds. The molecule has 3 rings (SSSR count). The number of nitrogens with one attached hydrogen (secondary N) is 1. The van der Waals surface area contributed by atoms with Crippen LogP contribution in [0.25, 0.3) is 0 Å². The fourth-order valence-electron chi connectivity index (χ4n) is 3.19. The SMILES string of the molecule is Cn1nccc1NC(=O)N1CCC(CCc2ccc(F)cc2F)CC1. The van der Waals surface area contributed by atoms with E-state index in [1.54, 1.807) is 28.9 Å². The van der Waals surface area contributed by atoms with E-state index < -0.39 is 11.6 Å². The molecule has 0 unspecified atom stereocenters. The topological polar surface area (TPSA) is 50.2 Å². The molecule has 1 aromatic heterocycles. The fourth-order valence-corrected chi connectivity index (χ4v) is 3.19. The molecule has 1 aromatic carbocycles. The standard InChI is InChI=1S/C18H22F2N4O/c1-23-17(6-9-21-23)22-18(25)24-10-7-13(8-11-24)2-3-14-4-5-15(19)12-16(14)20/h4-6,9,12-13H,2-3,7-8,10-11H2,1H3,(H,22,25). The zero-order valence-corrected chi connectivity index (χ0v) is 14.2. The second kappa shape index (κ2) is 7.63. The molecule has 0 bridgehead atoms. The van der Waals surface area contributed by atoms with Gasteiger partial charge in [0.25, 0.3) is 0 Å². The lowest BCUT2D eigenvalue weighted by Gasteiger charge is -2.32. The Morgan fingerprint density at radius 3 is 2.68 bits per heavy atom. The quantitative estimate of drug-likeness (QED) is 0.918. The molecule has 5 nitrogen and oxygen atoms in total. The van der Waals surface area contributed by atoms with Crippen molar-refractivity contribution in [3.63, 3.8) is 0 Å². The third-order valence-corrected chi connectivity index (χ3v) is 4.79. The van der Waals surface area contributed by atoms with Crippen molar-refractivity contribution in [2.45, 2.75) is 25.7 Å². The predicted molar refractivity (Wildman–Crippen MR) is 91.2 cm³/mol. The second-order valence-electron chi connectivity index (χ2n) is 6.48. The number of aryl methyl sites for hydroxylation is 2. The Labute approximate surface area is 145 Å². The van der Waals surface area contributed by atoms with Gasteiger partial charge in [0.1, 0.15) is 17.5 Å². The van der Waals surface area contributed by atoms with Gasteiger partial charge in [-0.15, -0.1) is 0 Å². The van der Waals surface area contributed by atoms with Crippen molar-refractivity contribution in [3.8, 4) is 0 Å². The predicted octanol–water partition coefficient (Wildman–Crippen LogP) is 3.58. The van der Waals surface area contributed by atoms with Crippen LogP contribution in [0.1, 0.15) is 24.8 Å². The number of carbonyl (C=O) groups is 1. The van der Waals surface area contributed by atoms with E-state index >= 15 is 0 Å². The van der Waals surface area contributed by atoms with Gasteiger partial charge in [-0.25, -0.2) is 13.6 Å². The zero-order chi connectivity index (χ0) is 17.8. The van der Waals surface area contributed by atoms with Gasteiger partial charge in [-0.3, -0.25) is 10.00 Å². The number of hydrogen-bond donors (Lipinski definition) is 1. The zero-order valence-electron chi connectivity index (χ0n) is 14.2. The van der Waals surface area contributed by atoms with E-state index in [0.29, 0.717) is 36.8 Å². The monoisotopic (exact) mass is 348 g/mol. The summed E-state index contributed by atoms with van der Waals surface area (Å²) < 4.78 is 28.2. The summed E-state index contributed by atoms with van der Waals surface area (Å²) in [4.78, 5) is 14.1. The Kier molecular flexibility index (Phi) is 5.31. The molecule has 1 fully saturated rings. The second-order valence-corrected chi connectivity index (χ2v) is 6.48. The summed E-state index contributed by atoms with van der Waals surface area (Å²) >= 11 is 0. The van der Waals surface area contributed by atoms with E-state index in [0.717, 1.165) is 25.3 Å². The lowest BCUT2D eigenvalue weighted by Crippen LogP contribution is -2.41. The third-order valence-electron chi connectivity index (χ3n) is 4.79. The third kappa shape index (κ3) is 4.35. The van der Waals surface area contributed by atoms with Crippen LogP contribution in [-0.4, -0.2) is 33.8 Å². The Balaban J connectivity index is 1.45. The van der Waals surface area contributed by atoms with Gasteiger partial charge in [-0.05, 0) is 43.2 Å². The highest BCUT2D eigenvalue weighted by Crippen LogP contribution is 2.24. The van der Waals surface area contributed by atoms with Crippen LogP contribution in [0.5, 0.6) is 0 Å². The number of carbonyl (C=O) groups excluding carboxylic acids is 1. The molecule has 1 N–H and O–H groups in total. The molecule has 0 saturated carbocycles. The van der Waals surface area contributed by atoms with E-state index in [2.05, 4.69) is 10.4 Å². The average Bonchev–Trinajstić information content (AvgIpc) is 2.99. The van der Waals surface area contributed by atoms with Gasteiger partial charge in [-0.2, -0.15) is 5.10 Å². The van der Waals surface area contributed by atoms with Crippen LogP contribution in [0.2, 0.25) is 0 Å². The summed E-state index contributed by atoms with van der Waals surface area (Å²) in [6.07, 6.45) is 4.86. The minimum atomic E-state index is -0.547. The smallest absolute Gasteiger partial charge is 0.322 e. The number of rotatable bonds is 4.